The quantitative estimate of drug-likeness (QED) is 0.197. The summed E-state index contributed by atoms with van der Waals surface area (Å²) in [6.45, 7) is 9.60. The molecule has 38 heavy (non-hydrogen) atoms. The van der Waals surface area contributed by atoms with E-state index in [2.05, 4.69) is 20.8 Å². The van der Waals surface area contributed by atoms with Crippen molar-refractivity contribution < 1.29 is 29.3 Å². The molecule has 6 heteroatoms. The van der Waals surface area contributed by atoms with E-state index in [1.165, 1.54) is 32.1 Å². The van der Waals surface area contributed by atoms with Gasteiger partial charge >= 0.3 is 5.97 Å². The number of aliphatic hydroxyl groups excluding tert-OH is 1. The average Bonchev–Trinajstić information content (AvgIpc) is 3.38. The Balaban J connectivity index is 1.53. The first-order valence-corrected chi connectivity index (χ1v) is 15.0. The third-order valence-corrected chi connectivity index (χ3v) is 10.4. The molecule has 4 rings (SSSR count). The summed E-state index contributed by atoms with van der Waals surface area (Å²) in [7, 11) is 0. The second kappa shape index (κ2) is 11.0. The molecule has 6 nitrogen and oxygen atoms in total. The van der Waals surface area contributed by atoms with Crippen LogP contribution < -0.4 is 0 Å². The van der Waals surface area contributed by atoms with Gasteiger partial charge in [0, 0.05) is 12.3 Å². The largest absolute Gasteiger partial charge is 0.454 e. The molecule has 0 aromatic rings. The second-order valence-electron chi connectivity index (χ2n) is 13.1. The lowest BCUT2D eigenvalue weighted by Crippen LogP contribution is -2.64. The molecule has 0 aromatic carbocycles. The predicted molar refractivity (Wildman–Crippen MR) is 146 cm³/mol. The number of hydrogen-bond donors (Lipinski definition) is 2. The number of carbonyl (C=O) groups excluding carboxylic acids is 3. The molecule has 0 aliphatic heterocycles. The number of rotatable bonds is 12. The van der Waals surface area contributed by atoms with Gasteiger partial charge in [-0.25, -0.2) is 0 Å². The molecule has 2 saturated carbocycles. The molecule has 4 aliphatic rings. The Morgan fingerprint density at radius 1 is 1.05 bits per heavy atom. The zero-order chi connectivity index (χ0) is 27.9. The van der Waals surface area contributed by atoms with Crippen LogP contribution in [0, 0.1) is 34.5 Å². The monoisotopic (exact) mass is 528 g/mol. The minimum atomic E-state index is -2.24. The van der Waals surface area contributed by atoms with Crippen molar-refractivity contribution in [2.75, 3.05) is 6.61 Å². The Labute approximate surface area is 228 Å². The molecule has 0 saturated heterocycles. The van der Waals surface area contributed by atoms with Crippen LogP contribution >= 0.6 is 0 Å². The smallest absolute Gasteiger partial charge is 0.306 e. The average molecular weight is 529 g/mol. The van der Waals surface area contributed by atoms with E-state index in [1.807, 2.05) is 6.92 Å². The number of fused-ring (bicyclic) bond motifs is 3. The number of allylic oxidation sites excluding steroid dienone is 1. The van der Waals surface area contributed by atoms with Gasteiger partial charge in [-0.15, -0.1) is 0 Å². The van der Waals surface area contributed by atoms with Crippen molar-refractivity contribution in [1.29, 1.82) is 0 Å². The Morgan fingerprint density at radius 2 is 1.66 bits per heavy atom. The molecule has 0 heterocycles. The number of hydrogen-bond acceptors (Lipinski definition) is 6. The van der Waals surface area contributed by atoms with Gasteiger partial charge in [0.25, 0.3) is 0 Å². The van der Waals surface area contributed by atoms with Crippen molar-refractivity contribution in [3.05, 3.63) is 23.3 Å². The van der Waals surface area contributed by atoms with E-state index >= 15 is 0 Å². The molecule has 2 bridgehead atoms. The summed E-state index contributed by atoms with van der Waals surface area (Å²) in [5, 5.41) is 22.7. The second-order valence-corrected chi connectivity index (χ2v) is 13.1. The highest BCUT2D eigenvalue weighted by Crippen LogP contribution is 2.71. The Hall–Kier alpha value is -1.79. The van der Waals surface area contributed by atoms with Gasteiger partial charge in [0.05, 0.1) is 12.0 Å². The van der Waals surface area contributed by atoms with Crippen molar-refractivity contribution in [2.24, 2.45) is 34.5 Å². The van der Waals surface area contributed by atoms with Crippen molar-refractivity contribution >= 4 is 17.5 Å². The van der Waals surface area contributed by atoms with Crippen LogP contribution in [-0.2, 0) is 19.1 Å². The lowest BCUT2D eigenvalue weighted by atomic mass is 9.59. The first kappa shape index (κ1) is 29.2. The highest BCUT2D eigenvalue weighted by atomic mass is 16.6. The van der Waals surface area contributed by atoms with Gasteiger partial charge in [0.1, 0.15) is 0 Å². The SMILES string of the molecule is CCCCCCCCCCCC(=O)OC1C(CO)=CC2C(=O)C3(C=C(C)C(=O)C13O)C(C)CC1C2C1(C)C. The lowest BCUT2D eigenvalue weighted by molar-refractivity contribution is -0.186. The Kier molecular flexibility index (Phi) is 8.45. The van der Waals surface area contributed by atoms with Crippen LogP contribution in [0.15, 0.2) is 23.3 Å². The molecule has 7 atom stereocenters. The fourth-order valence-corrected chi connectivity index (χ4v) is 8.15. The molecule has 0 amide bonds. The number of ether oxygens (including phenoxy) is 1. The zero-order valence-corrected chi connectivity index (χ0v) is 24.1. The van der Waals surface area contributed by atoms with Gasteiger partial charge in [-0.1, -0.05) is 91.2 Å². The summed E-state index contributed by atoms with van der Waals surface area (Å²) >= 11 is 0. The molecule has 0 radical (unpaired) electrons. The van der Waals surface area contributed by atoms with E-state index in [0.29, 0.717) is 24.3 Å². The van der Waals surface area contributed by atoms with Gasteiger partial charge in [-0.05, 0) is 54.1 Å². The lowest BCUT2D eigenvalue weighted by Gasteiger charge is -2.46. The van der Waals surface area contributed by atoms with Crippen LogP contribution in [0.5, 0.6) is 0 Å². The molecular formula is C32H48O6. The minimum Gasteiger partial charge on any atom is -0.454 e. The third kappa shape index (κ3) is 4.54. The normalized spacial score (nSPS) is 37.0. The molecule has 2 fully saturated rings. The number of unbranched alkanes of at least 4 members (excludes halogenated alkanes) is 8. The molecule has 7 unspecified atom stereocenters. The molecule has 1 spiro atoms. The van der Waals surface area contributed by atoms with Gasteiger partial charge in [-0.3, -0.25) is 14.4 Å². The van der Waals surface area contributed by atoms with Gasteiger partial charge in [0.15, 0.2) is 23.3 Å². The van der Waals surface area contributed by atoms with Crippen LogP contribution in [0.3, 0.4) is 0 Å². The first-order valence-electron chi connectivity index (χ1n) is 15.0. The van der Waals surface area contributed by atoms with E-state index in [1.54, 1.807) is 19.1 Å². The summed E-state index contributed by atoms with van der Waals surface area (Å²) in [5.74, 6) is -1.75. The molecule has 212 valence electrons. The predicted octanol–water partition coefficient (Wildman–Crippen LogP) is 5.50. The van der Waals surface area contributed by atoms with Gasteiger partial charge < -0.3 is 14.9 Å². The number of ketones is 2. The minimum absolute atomic E-state index is 0.0424. The van der Waals surface area contributed by atoms with Crippen molar-refractivity contribution in [2.45, 2.75) is 117 Å². The van der Waals surface area contributed by atoms with E-state index in [9.17, 15) is 24.6 Å². The first-order chi connectivity index (χ1) is 18.0. The number of esters is 1. The van der Waals surface area contributed by atoms with Gasteiger partial charge in [-0.2, -0.15) is 0 Å². The van der Waals surface area contributed by atoms with E-state index in [4.69, 9.17) is 4.74 Å². The third-order valence-electron chi connectivity index (χ3n) is 10.4. The van der Waals surface area contributed by atoms with Crippen LogP contribution in [-0.4, -0.2) is 46.1 Å². The fourth-order valence-electron chi connectivity index (χ4n) is 8.15. The molecule has 4 aliphatic carbocycles. The van der Waals surface area contributed by atoms with Crippen molar-refractivity contribution in [1.82, 2.24) is 0 Å². The van der Waals surface area contributed by atoms with E-state index in [0.717, 1.165) is 19.3 Å². The summed E-state index contributed by atoms with van der Waals surface area (Å²) in [6.07, 6.45) is 13.0. The number of aliphatic hydroxyl groups is 2. The van der Waals surface area contributed by atoms with Gasteiger partial charge in [0.2, 0.25) is 0 Å². The summed E-state index contributed by atoms with van der Waals surface area (Å²) < 4.78 is 5.90. The van der Waals surface area contributed by atoms with Crippen LogP contribution in [0.1, 0.15) is 105 Å². The maximum atomic E-state index is 14.3. The Morgan fingerprint density at radius 3 is 2.26 bits per heavy atom. The maximum Gasteiger partial charge on any atom is 0.306 e. The fraction of sp³-hybridized carbons (Fsp3) is 0.781. The molecular weight excluding hydrogens is 480 g/mol. The van der Waals surface area contributed by atoms with Crippen LogP contribution in [0.25, 0.3) is 0 Å². The Bertz CT molecular complexity index is 1010. The highest BCUT2D eigenvalue weighted by molar-refractivity contribution is 6.13. The maximum absolute atomic E-state index is 14.3. The standard InChI is InChI=1S/C32H48O6/c1-6-7-8-9-10-11-12-13-14-15-25(34)38-29-22(19-33)17-23-26-24(30(26,4)5)16-21(3)31(28(23)36)18-20(2)27(35)32(29,31)37/h17-18,21,23-24,26,29,33,37H,6-16,19H2,1-5H3. The van der Waals surface area contributed by atoms with E-state index < -0.39 is 41.4 Å². The van der Waals surface area contributed by atoms with Crippen LogP contribution in [0.2, 0.25) is 0 Å². The summed E-state index contributed by atoms with van der Waals surface area (Å²) in [4.78, 5) is 41.0. The highest BCUT2D eigenvalue weighted by Gasteiger charge is 2.76. The van der Waals surface area contributed by atoms with Crippen LogP contribution in [0.4, 0.5) is 0 Å². The summed E-state index contributed by atoms with van der Waals surface area (Å²) in [6, 6.07) is 0. The molecule has 2 N–H and O–H groups in total. The zero-order valence-electron chi connectivity index (χ0n) is 24.1. The number of Topliss-reactive ketones (excluding diaryl/α,β-unsaturated/α-hetero) is 2. The van der Waals surface area contributed by atoms with Crippen molar-refractivity contribution in [3.63, 3.8) is 0 Å². The number of carbonyl (C=O) groups is 3. The topological polar surface area (TPSA) is 101 Å². The molecule has 0 aromatic heterocycles. The summed E-state index contributed by atoms with van der Waals surface area (Å²) in [5.41, 5.74) is -3.18. The van der Waals surface area contributed by atoms with E-state index in [-0.39, 0.29) is 35.0 Å². The van der Waals surface area contributed by atoms with Crippen molar-refractivity contribution in [3.8, 4) is 0 Å².